The average Bonchev–Trinajstić information content (AvgIpc) is 3.30. The van der Waals surface area contributed by atoms with E-state index in [1.54, 1.807) is 38.0 Å². The van der Waals surface area contributed by atoms with E-state index >= 15 is 0 Å². The van der Waals surface area contributed by atoms with Gasteiger partial charge in [-0.2, -0.15) is 0 Å². The molecule has 0 N–H and O–H groups in total. The molecule has 0 spiro atoms. The lowest BCUT2D eigenvalue weighted by molar-refractivity contribution is -0.196. The van der Waals surface area contributed by atoms with Crippen molar-refractivity contribution in [1.82, 2.24) is 9.80 Å². The first kappa shape index (κ1) is 49.9. The molecule has 0 aliphatic rings. The molecular formula is C48H58N2O14. The molecule has 4 aromatic carbocycles. The van der Waals surface area contributed by atoms with E-state index in [-0.39, 0.29) is 45.6 Å². The number of carbonyl (C=O) groups excluding carboxylic acids is 4. The van der Waals surface area contributed by atoms with E-state index in [0.29, 0.717) is 24.0 Å². The number of esters is 4. The van der Waals surface area contributed by atoms with Crippen molar-refractivity contribution in [2.24, 2.45) is 0 Å². The van der Waals surface area contributed by atoms with E-state index in [1.165, 1.54) is 66.9 Å². The molecule has 16 nitrogen and oxygen atoms in total. The Bertz CT molecular complexity index is 2040. The van der Waals surface area contributed by atoms with Crippen LogP contribution in [0.3, 0.4) is 0 Å². The Morgan fingerprint density at radius 3 is 1.02 bits per heavy atom. The molecule has 0 aliphatic carbocycles. The van der Waals surface area contributed by atoms with Gasteiger partial charge in [0, 0.05) is 12.2 Å². The number of hydrogen-bond donors (Lipinski definition) is 0. The Balaban J connectivity index is 1.75. The number of likely N-dealkylation sites (N-methyl/N-ethyl adjacent to an activating group) is 2. The highest BCUT2D eigenvalue weighted by molar-refractivity contribution is 5.94. The minimum Gasteiger partial charge on any atom is -0.493 e. The maximum absolute atomic E-state index is 14.0. The molecule has 4 rings (SSSR count). The van der Waals surface area contributed by atoms with Crippen LogP contribution in [0.5, 0.6) is 34.5 Å². The zero-order chi connectivity index (χ0) is 47.2. The van der Waals surface area contributed by atoms with E-state index in [4.69, 9.17) is 47.4 Å². The van der Waals surface area contributed by atoms with Gasteiger partial charge in [-0.05, 0) is 76.4 Å². The summed E-state index contributed by atoms with van der Waals surface area (Å²) in [6.45, 7) is 3.70. The highest BCUT2D eigenvalue weighted by Gasteiger charge is 2.48. The van der Waals surface area contributed by atoms with Gasteiger partial charge >= 0.3 is 23.9 Å². The van der Waals surface area contributed by atoms with Gasteiger partial charge in [-0.15, -0.1) is 0 Å². The van der Waals surface area contributed by atoms with Crippen LogP contribution < -0.4 is 28.4 Å². The average molecular weight is 887 g/mol. The smallest absolute Gasteiger partial charge is 0.341 e. The van der Waals surface area contributed by atoms with Crippen LogP contribution in [0, 0.1) is 0 Å². The fourth-order valence-electron chi connectivity index (χ4n) is 7.63. The van der Waals surface area contributed by atoms with Crippen molar-refractivity contribution in [2.75, 3.05) is 70.8 Å². The highest BCUT2D eigenvalue weighted by atomic mass is 16.7. The summed E-state index contributed by atoms with van der Waals surface area (Å²) in [7, 11) is 15.5. The van der Waals surface area contributed by atoms with E-state index in [1.807, 2.05) is 74.5 Å². The molecule has 16 heteroatoms. The second-order valence-corrected chi connectivity index (χ2v) is 14.6. The molecule has 0 fully saturated rings. The summed E-state index contributed by atoms with van der Waals surface area (Å²) in [5.74, 6) is -2.58. The first-order chi connectivity index (χ1) is 30.6. The van der Waals surface area contributed by atoms with Crippen molar-refractivity contribution in [3.63, 3.8) is 0 Å². The third-order valence-corrected chi connectivity index (χ3v) is 11.0. The molecule has 344 valence electrons. The third kappa shape index (κ3) is 10.5. The molecule has 0 amide bonds. The molecule has 0 aromatic heterocycles. The van der Waals surface area contributed by atoms with Crippen molar-refractivity contribution in [2.45, 2.75) is 50.3 Å². The predicted molar refractivity (Wildman–Crippen MR) is 236 cm³/mol. The van der Waals surface area contributed by atoms with E-state index in [0.717, 1.165) is 12.2 Å². The Hall–Kier alpha value is -6.78. The van der Waals surface area contributed by atoms with Crippen molar-refractivity contribution in [3.8, 4) is 34.5 Å². The lowest BCUT2D eigenvalue weighted by Gasteiger charge is -2.43. The number of benzene rings is 4. The monoisotopic (exact) mass is 886 g/mol. The van der Waals surface area contributed by atoms with Gasteiger partial charge in [0.1, 0.15) is 11.1 Å². The summed E-state index contributed by atoms with van der Waals surface area (Å²) in [5, 5.41) is 0. The lowest BCUT2D eigenvalue weighted by atomic mass is 9.85. The largest absolute Gasteiger partial charge is 0.493 e. The predicted octanol–water partition coefficient (Wildman–Crippen LogP) is 6.78. The Morgan fingerprint density at radius 2 is 0.781 bits per heavy atom. The van der Waals surface area contributed by atoms with Crippen molar-refractivity contribution < 1.29 is 66.5 Å². The number of nitrogens with zero attached hydrogens (tertiary/aromatic N) is 2. The zero-order valence-electron chi connectivity index (χ0n) is 38.4. The summed E-state index contributed by atoms with van der Waals surface area (Å²) in [4.78, 5) is 59.3. The topological polar surface area (TPSA) is 167 Å². The van der Waals surface area contributed by atoms with Gasteiger partial charge in [0.15, 0.2) is 23.0 Å². The number of methoxy groups -OCH3 is 6. The maximum Gasteiger partial charge on any atom is 0.341 e. The van der Waals surface area contributed by atoms with Gasteiger partial charge in [0.25, 0.3) is 12.6 Å². The third-order valence-electron chi connectivity index (χ3n) is 11.0. The first-order valence-corrected chi connectivity index (χ1v) is 20.2. The van der Waals surface area contributed by atoms with Crippen molar-refractivity contribution >= 4 is 23.9 Å². The number of ether oxygens (including phenoxy) is 10. The number of rotatable bonds is 22. The molecule has 0 radical (unpaired) electrons. The van der Waals surface area contributed by atoms with E-state index in [9.17, 15) is 19.2 Å². The van der Waals surface area contributed by atoms with E-state index in [2.05, 4.69) is 0 Å². The Kier molecular flexibility index (Phi) is 17.6. The minimum atomic E-state index is -1.60. The summed E-state index contributed by atoms with van der Waals surface area (Å²) < 4.78 is 56.7. The van der Waals surface area contributed by atoms with Gasteiger partial charge in [-0.1, -0.05) is 74.5 Å². The van der Waals surface area contributed by atoms with Gasteiger partial charge in [0.05, 0.1) is 53.8 Å². The van der Waals surface area contributed by atoms with Crippen LogP contribution >= 0.6 is 0 Å². The molecule has 0 saturated carbocycles. The molecule has 0 aliphatic heterocycles. The standard InChI is InChI=1S/C48H58N2O14/c1-13-47(49(3)4,33-21-17-15-18-22-33)45(63-43(53)31-27-35(55-7)41(59-11)36(28-31)56-8)61-39(51)25-26-40(52)62-46(48(14-2,50(5)6)34-23-19-16-20-24-34)64-44(54)32-29-37(57-9)42(60-12)38(30-32)58-10/h15-30,45-46H,13-14H2,1-12H3/b26-25-. The number of hydrogen-bond acceptors (Lipinski definition) is 16. The van der Waals surface area contributed by atoms with Gasteiger partial charge in [0.2, 0.25) is 11.5 Å². The van der Waals surface area contributed by atoms with Crippen LogP contribution in [0.25, 0.3) is 0 Å². The van der Waals surface area contributed by atoms with Crippen LogP contribution in [0.2, 0.25) is 0 Å². The quantitative estimate of drug-likeness (QED) is 0.0460. The fourth-order valence-corrected chi connectivity index (χ4v) is 7.63. The highest BCUT2D eigenvalue weighted by Crippen LogP contribution is 2.42. The lowest BCUT2D eigenvalue weighted by Crippen LogP contribution is -2.54. The van der Waals surface area contributed by atoms with Crippen LogP contribution in [-0.2, 0) is 39.6 Å². The molecule has 0 heterocycles. The van der Waals surface area contributed by atoms with Crippen LogP contribution in [-0.4, -0.2) is 117 Å². The Labute approximate surface area is 374 Å². The van der Waals surface area contributed by atoms with Crippen LogP contribution in [0.1, 0.15) is 58.5 Å². The van der Waals surface area contributed by atoms with Crippen LogP contribution in [0.4, 0.5) is 0 Å². The summed E-state index contributed by atoms with van der Waals surface area (Å²) in [6, 6.07) is 23.8. The first-order valence-electron chi connectivity index (χ1n) is 20.2. The molecule has 0 bridgehead atoms. The summed E-state index contributed by atoms with van der Waals surface area (Å²) in [6.07, 6.45) is -0.930. The SMILES string of the molecule is CCC(c1ccccc1)(C(OC(=O)/C=C\C(=O)OC(OC(=O)c1cc(OC)c(OC)c(OC)c1)C(CC)(c1ccccc1)N(C)C)OC(=O)c1cc(OC)c(OC)c(OC)c1)N(C)C. The van der Waals surface area contributed by atoms with Crippen LogP contribution in [0.15, 0.2) is 97.1 Å². The van der Waals surface area contributed by atoms with Crippen molar-refractivity contribution in [3.05, 3.63) is 119 Å². The molecule has 4 unspecified atom stereocenters. The Morgan fingerprint density at radius 1 is 0.484 bits per heavy atom. The second kappa shape index (κ2) is 22.5. The molecule has 64 heavy (non-hydrogen) atoms. The summed E-state index contributed by atoms with van der Waals surface area (Å²) in [5.41, 5.74) is -1.13. The number of carbonyl (C=O) groups is 4. The molecular weight excluding hydrogens is 829 g/mol. The van der Waals surface area contributed by atoms with Crippen molar-refractivity contribution in [1.29, 1.82) is 0 Å². The normalized spacial score (nSPS) is 14.0. The van der Waals surface area contributed by atoms with Gasteiger partial charge in [-0.3, -0.25) is 9.80 Å². The van der Waals surface area contributed by atoms with E-state index < -0.39 is 47.5 Å². The minimum absolute atomic E-state index is 0.0114. The molecule has 4 aromatic rings. The fraction of sp³-hybridized carbons (Fsp3) is 0.375. The molecule has 4 atom stereocenters. The summed E-state index contributed by atoms with van der Waals surface area (Å²) >= 11 is 0. The second-order valence-electron chi connectivity index (χ2n) is 14.6. The van der Waals surface area contributed by atoms with Gasteiger partial charge < -0.3 is 47.4 Å². The van der Waals surface area contributed by atoms with Gasteiger partial charge in [-0.25, -0.2) is 19.2 Å². The zero-order valence-corrected chi connectivity index (χ0v) is 38.4. The molecule has 0 saturated heterocycles. The maximum atomic E-state index is 14.0.